The van der Waals surface area contributed by atoms with E-state index in [0.29, 0.717) is 11.1 Å². The van der Waals surface area contributed by atoms with Crippen LogP contribution >= 0.6 is 0 Å². The summed E-state index contributed by atoms with van der Waals surface area (Å²) in [7, 11) is 0. The Balaban J connectivity index is 1.97. The van der Waals surface area contributed by atoms with Crippen molar-refractivity contribution < 1.29 is 19.2 Å². The molecular weight excluding hydrogens is 346 g/mol. The Morgan fingerprint density at radius 3 is 2.07 bits per heavy atom. The van der Waals surface area contributed by atoms with E-state index in [2.05, 4.69) is 10.3 Å². The van der Waals surface area contributed by atoms with Gasteiger partial charge in [-0.1, -0.05) is 60.7 Å². The van der Waals surface area contributed by atoms with Crippen LogP contribution in [0.3, 0.4) is 0 Å². The summed E-state index contributed by atoms with van der Waals surface area (Å²) in [5, 5.41) is 2.05. The maximum absolute atomic E-state index is 13.1. The average molecular weight is 363 g/mol. The van der Waals surface area contributed by atoms with E-state index in [1.54, 1.807) is 60.7 Å². The number of carbonyl (C=O) groups is 4. The molecule has 0 radical (unpaired) electrons. The SMILES string of the molecule is NC1=NC(=O)NC(=O)C1C(CC(=O)c1ccccc1)C(=O)c1ccccc1. The number of amidine groups is 1. The summed E-state index contributed by atoms with van der Waals surface area (Å²) in [6.07, 6.45) is -0.236. The molecule has 3 amide bonds. The monoisotopic (exact) mass is 363 g/mol. The highest BCUT2D eigenvalue weighted by Gasteiger charge is 2.41. The largest absolute Gasteiger partial charge is 0.386 e. The molecule has 0 aromatic heterocycles. The fourth-order valence-electron chi connectivity index (χ4n) is 3.04. The number of urea groups is 1. The molecule has 7 nitrogen and oxygen atoms in total. The molecule has 2 atom stereocenters. The fraction of sp³-hybridized carbons (Fsp3) is 0.150. The van der Waals surface area contributed by atoms with E-state index in [1.165, 1.54) is 0 Å². The molecule has 7 heteroatoms. The van der Waals surface area contributed by atoms with Gasteiger partial charge in [0.2, 0.25) is 5.91 Å². The van der Waals surface area contributed by atoms with E-state index in [0.717, 1.165) is 0 Å². The summed E-state index contributed by atoms with van der Waals surface area (Å²) >= 11 is 0. The first-order valence-corrected chi connectivity index (χ1v) is 8.33. The van der Waals surface area contributed by atoms with Crippen molar-refractivity contribution in [2.24, 2.45) is 22.6 Å². The van der Waals surface area contributed by atoms with Gasteiger partial charge in [0.25, 0.3) is 0 Å². The first kappa shape index (κ1) is 18.2. The van der Waals surface area contributed by atoms with E-state index in [1.807, 2.05) is 0 Å². The highest BCUT2D eigenvalue weighted by molar-refractivity contribution is 6.18. The Hall–Kier alpha value is -3.61. The number of nitrogens with one attached hydrogen (secondary N) is 1. The molecule has 3 N–H and O–H groups in total. The van der Waals surface area contributed by atoms with Crippen molar-refractivity contribution in [1.82, 2.24) is 5.32 Å². The van der Waals surface area contributed by atoms with Crippen molar-refractivity contribution in [3.63, 3.8) is 0 Å². The minimum absolute atomic E-state index is 0.236. The molecule has 3 rings (SSSR count). The van der Waals surface area contributed by atoms with Crippen LogP contribution in [0.1, 0.15) is 27.1 Å². The number of benzene rings is 2. The first-order chi connectivity index (χ1) is 13.0. The minimum atomic E-state index is -1.19. The van der Waals surface area contributed by atoms with E-state index in [9.17, 15) is 19.2 Å². The Kier molecular flexibility index (Phi) is 5.21. The fourth-order valence-corrected chi connectivity index (χ4v) is 3.04. The molecule has 2 aromatic carbocycles. The molecule has 136 valence electrons. The number of rotatable bonds is 6. The number of hydrogen-bond acceptors (Lipinski definition) is 5. The first-order valence-electron chi connectivity index (χ1n) is 8.33. The third kappa shape index (κ3) is 3.98. The third-order valence-electron chi connectivity index (χ3n) is 4.36. The van der Waals surface area contributed by atoms with Crippen molar-refractivity contribution in [3.05, 3.63) is 71.8 Å². The summed E-state index contributed by atoms with van der Waals surface area (Å²) < 4.78 is 0. The smallest absolute Gasteiger partial charge is 0.349 e. The zero-order valence-electron chi connectivity index (χ0n) is 14.3. The van der Waals surface area contributed by atoms with E-state index < -0.39 is 29.6 Å². The lowest BCUT2D eigenvalue weighted by Crippen LogP contribution is -2.51. The highest BCUT2D eigenvalue weighted by Crippen LogP contribution is 2.26. The second kappa shape index (κ2) is 7.74. The summed E-state index contributed by atoms with van der Waals surface area (Å²) in [6.45, 7) is 0. The van der Waals surface area contributed by atoms with Gasteiger partial charge >= 0.3 is 6.03 Å². The molecule has 0 bridgehead atoms. The van der Waals surface area contributed by atoms with Gasteiger partial charge in [-0.2, -0.15) is 4.99 Å². The van der Waals surface area contributed by atoms with Crippen molar-refractivity contribution in [2.75, 3.05) is 0 Å². The van der Waals surface area contributed by atoms with Gasteiger partial charge in [0.05, 0.1) is 0 Å². The molecule has 0 saturated carbocycles. The van der Waals surface area contributed by atoms with Gasteiger partial charge in [-0.05, 0) is 0 Å². The molecule has 2 unspecified atom stereocenters. The van der Waals surface area contributed by atoms with Gasteiger partial charge < -0.3 is 5.73 Å². The zero-order chi connectivity index (χ0) is 19.4. The lowest BCUT2D eigenvalue weighted by atomic mass is 9.79. The molecule has 0 aliphatic carbocycles. The maximum atomic E-state index is 13.1. The molecule has 0 saturated heterocycles. The van der Waals surface area contributed by atoms with Crippen molar-refractivity contribution in [2.45, 2.75) is 6.42 Å². The number of ketones is 2. The van der Waals surface area contributed by atoms with E-state index in [4.69, 9.17) is 5.73 Å². The molecule has 1 aliphatic heterocycles. The quantitative estimate of drug-likeness (QED) is 0.761. The standard InChI is InChI=1S/C20H17N3O4/c21-18-16(19(26)23-20(27)22-18)14(17(25)13-9-5-2-6-10-13)11-15(24)12-7-3-1-4-8-12/h1-10,14,16H,11H2,(H3,21,22,23,26,27). The van der Waals surface area contributed by atoms with Gasteiger partial charge in [-0.15, -0.1) is 0 Å². The van der Waals surface area contributed by atoms with Crippen molar-refractivity contribution in [3.8, 4) is 0 Å². The molecule has 2 aromatic rings. The summed E-state index contributed by atoms with van der Waals surface area (Å²) in [6, 6.07) is 15.9. The van der Waals surface area contributed by atoms with Gasteiger partial charge in [-0.3, -0.25) is 19.7 Å². The molecular formula is C20H17N3O4. The number of carbonyl (C=O) groups excluding carboxylic acids is 4. The number of hydrogen-bond donors (Lipinski definition) is 2. The Labute approximate surface area is 155 Å². The van der Waals surface area contributed by atoms with Crippen LogP contribution in [0.15, 0.2) is 65.7 Å². The summed E-state index contributed by atoms with van der Waals surface area (Å²) in [5.41, 5.74) is 6.57. The second-order valence-corrected chi connectivity index (χ2v) is 6.14. The van der Waals surface area contributed by atoms with Crippen LogP contribution in [0.2, 0.25) is 0 Å². The van der Waals surface area contributed by atoms with Gasteiger partial charge in [0.15, 0.2) is 11.6 Å². The number of imide groups is 1. The summed E-state index contributed by atoms with van der Waals surface area (Å²) in [5.74, 6) is -3.98. The average Bonchev–Trinajstić information content (AvgIpc) is 2.67. The number of nitrogens with zero attached hydrogens (tertiary/aromatic N) is 1. The van der Waals surface area contributed by atoms with Gasteiger partial charge in [0.1, 0.15) is 11.8 Å². The third-order valence-corrected chi connectivity index (χ3v) is 4.36. The van der Waals surface area contributed by atoms with E-state index >= 15 is 0 Å². The molecule has 27 heavy (non-hydrogen) atoms. The van der Waals surface area contributed by atoms with Gasteiger partial charge in [0, 0.05) is 23.5 Å². The number of amides is 3. The second-order valence-electron chi connectivity index (χ2n) is 6.14. The molecule has 0 fully saturated rings. The Morgan fingerprint density at radius 2 is 1.52 bits per heavy atom. The number of Topliss-reactive ketones (excluding diaryl/α,β-unsaturated/α-hetero) is 2. The normalized spacial score (nSPS) is 17.6. The lowest BCUT2D eigenvalue weighted by molar-refractivity contribution is -0.123. The van der Waals surface area contributed by atoms with Crippen LogP contribution in [-0.2, 0) is 4.79 Å². The van der Waals surface area contributed by atoms with Gasteiger partial charge in [-0.25, -0.2) is 4.79 Å². The van der Waals surface area contributed by atoms with Crippen molar-refractivity contribution >= 4 is 29.3 Å². The predicted octanol–water partition coefficient (Wildman–Crippen LogP) is 1.98. The maximum Gasteiger partial charge on any atom is 0.349 e. The van der Waals surface area contributed by atoms with Crippen LogP contribution < -0.4 is 11.1 Å². The van der Waals surface area contributed by atoms with Crippen LogP contribution in [0.25, 0.3) is 0 Å². The van der Waals surface area contributed by atoms with E-state index in [-0.39, 0.29) is 18.0 Å². The molecule has 0 spiro atoms. The number of nitrogens with two attached hydrogens (primary N) is 1. The predicted molar refractivity (Wildman–Crippen MR) is 98.3 cm³/mol. The Morgan fingerprint density at radius 1 is 0.963 bits per heavy atom. The molecule has 1 aliphatic rings. The topological polar surface area (TPSA) is 119 Å². The van der Waals surface area contributed by atoms with Crippen molar-refractivity contribution in [1.29, 1.82) is 0 Å². The summed E-state index contributed by atoms with van der Waals surface area (Å²) in [4.78, 5) is 53.0. The van der Waals surface area contributed by atoms with Crippen LogP contribution in [-0.4, -0.2) is 29.3 Å². The lowest BCUT2D eigenvalue weighted by Gasteiger charge is -2.26. The van der Waals surface area contributed by atoms with Crippen LogP contribution in [0, 0.1) is 11.8 Å². The zero-order valence-corrected chi connectivity index (χ0v) is 14.3. The highest BCUT2D eigenvalue weighted by atomic mass is 16.2. The molecule has 1 heterocycles. The minimum Gasteiger partial charge on any atom is -0.386 e. The van der Waals surface area contributed by atoms with Crippen LogP contribution in [0.5, 0.6) is 0 Å². The van der Waals surface area contributed by atoms with Crippen LogP contribution in [0.4, 0.5) is 4.79 Å². The number of aliphatic imine (C=N–C) groups is 1. The Bertz CT molecular complexity index is 923.